The van der Waals surface area contributed by atoms with E-state index in [1.807, 2.05) is 18.2 Å². The molecule has 3 heteroatoms. The van der Waals surface area contributed by atoms with E-state index in [0.29, 0.717) is 6.42 Å². The van der Waals surface area contributed by atoms with Crippen LogP contribution in [0.25, 0.3) is 0 Å². The molecule has 106 valence electrons. The third-order valence-corrected chi connectivity index (χ3v) is 2.96. The summed E-state index contributed by atoms with van der Waals surface area (Å²) in [6.07, 6.45) is 1.60. The van der Waals surface area contributed by atoms with Crippen LogP contribution in [0, 0.1) is 0 Å². The highest BCUT2D eigenvalue weighted by molar-refractivity contribution is 5.91. The molecule has 0 aromatic heterocycles. The quantitative estimate of drug-likeness (QED) is 0.772. The van der Waals surface area contributed by atoms with Crippen LogP contribution in [0.3, 0.4) is 0 Å². The monoisotopic (exact) mass is 262 g/mol. The molecule has 1 aromatic rings. The van der Waals surface area contributed by atoms with Crippen LogP contribution in [0.1, 0.15) is 46.1 Å². The van der Waals surface area contributed by atoms with Crippen LogP contribution in [-0.4, -0.2) is 19.0 Å². The number of nitrogens with one attached hydrogen (secondary N) is 2. The molecule has 0 saturated carbocycles. The van der Waals surface area contributed by atoms with Crippen LogP contribution in [0.15, 0.2) is 24.3 Å². The molecule has 1 aromatic carbocycles. The molecule has 19 heavy (non-hydrogen) atoms. The molecule has 0 saturated heterocycles. The Kier molecular flexibility index (Phi) is 6.03. The molecule has 0 bridgehead atoms. The van der Waals surface area contributed by atoms with Gasteiger partial charge in [0.25, 0.3) is 0 Å². The van der Waals surface area contributed by atoms with Crippen molar-refractivity contribution in [3.8, 4) is 0 Å². The molecule has 3 nitrogen and oxygen atoms in total. The third kappa shape index (κ3) is 5.43. The average Bonchev–Trinajstić information content (AvgIpc) is 2.34. The molecule has 0 radical (unpaired) electrons. The smallest absolute Gasteiger partial charge is 0.225 e. The second kappa shape index (κ2) is 7.29. The van der Waals surface area contributed by atoms with E-state index in [4.69, 9.17) is 0 Å². The summed E-state index contributed by atoms with van der Waals surface area (Å²) >= 11 is 0. The molecule has 0 heterocycles. The van der Waals surface area contributed by atoms with Crippen LogP contribution in [0.5, 0.6) is 0 Å². The maximum atomic E-state index is 11.9. The van der Waals surface area contributed by atoms with Gasteiger partial charge in [0.05, 0.1) is 0 Å². The Morgan fingerprint density at radius 2 is 1.84 bits per heavy atom. The molecule has 0 aliphatic carbocycles. The van der Waals surface area contributed by atoms with Crippen molar-refractivity contribution >= 4 is 11.6 Å². The van der Waals surface area contributed by atoms with E-state index in [0.717, 1.165) is 25.2 Å². The van der Waals surface area contributed by atoms with Gasteiger partial charge in [-0.05, 0) is 30.0 Å². The number of benzene rings is 1. The number of amides is 1. The predicted octanol–water partition coefficient (Wildman–Crippen LogP) is 3.31. The van der Waals surface area contributed by atoms with Gasteiger partial charge in [-0.15, -0.1) is 0 Å². The van der Waals surface area contributed by atoms with Gasteiger partial charge in [-0.25, -0.2) is 0 Å². The lowest BCUT2D eigenvalue weighted by atomic mass is 9.86. The Morgan fingerprint density at radius 3 is 2.47 bits per heavy atom. The lowest BCUT2D eigenvalue weighted by Gasteiger charge is -2.23. The molecule has 1 rings (SSSR count). The van der Waals surface area contributed by atoms with Gasteiger partial charge in [0.1, 0.15) is 0 Å². The second-order valence-electron chi connectivity index (χ2n) is 5.84. The zero-order valence-electron chi connectivity index (χ0n) is 12.5. The SMILES string of the molecule is CCCNCCC(=O)Nc1ccccc1C(C)(C)C. The third-order valence-electron chi connectivity index (χ3n) is 2.96. The Morgan fingerprint density at radius 1 is 1.16 bits per heavy atom. The summed E-state index contributed by atoms with van der Waals surface area (Å²) in [6, 6.07) is 8.02. The van der Waals surface area contributed by atoms with Crippen molar-refractivity contribution in [3.63, 3.8) is 0 Å². The first-order valence-corrected chi connectivity index (χ1v) is 7.05. The summed E-state index contributed by atoms with van der Waals surface area (Å²) in [7, 11) is 0. The first-order chi connectivity index (χ1) is 8.95. The summed E-state index contributed by atoms with van der Waals surface area (Å²) in [4.78, 5) is 11.9. The largest absolute Gasteiger partial charge is 0.326 e. The number of carbonyl (C=O) groups is 1. The molecule has 0 unspecified atom stereocenters. The maximum Gasteiger partial charge on any atom is 0.225 e. The molecule has 0 atom stereocenters. The minimum atomic E-state index is 0.0321. The first kappa shape index (κ1) is 15.7. The van der Waals surface area contributed by atoms with Crippen LogP contribution >= 0.6 is 0 Å². The topological polar surface area (TPSA) is 41.1 Å². The van der Waals surface area contributed by atoms with Crippen molar-refractivity contribution in [3.05, 3.63) is 29.8 Å². The fourth-order valence-electron chi connectivity index (χ4n) is 1.96. The molecule has 2 N–H and O–H groups in total. The Labute approximate surface area is 116 Å². The van der Waals surface area contributed by atoms with Crippen LogP contribution in [0.2, 0.25) is 0 Å². The zero-order chi connectivity index (χ0) is 14.3. The summed E-state index contributed by atoms with van der Waals surface area (Å²) in [5, 5.41) is 6.25. The van der Waals surface area contributed by atoms with E-state index in [1.54, 1.807) is 0 Å². The normalized spacial score (nSPS) is 11.4. The number of hydrogen-bond acceptors (Lipinski definition) is 2. The van der Waals surface area contributed by atoms with Crippen molar-refractivity contribution in [2.24, 2.45) is 0 Å². The first-order valence-electron chi connectivity index (χ1n) is 7.05. The summed E-state index contributed by atoms with van der Waals surface area (Å²) < 4.78 is 0. The van der Waals surface area contributed by atoms with Crippen molar-refractivity contribution in [1.82, 2.24) is 5.32 Å². The van der Waals surface area contributed by atoms with Crippen molar-refractivity contribution in [2.75, 3.05) is 18.4 Å². The number of hydrogen-bond donors (Lipinski definition) is 2. The molecular formula is C16H26N2O. The van der Waals surface area contributed by atoms with Gasteiger partial charge in [-0.1, -0.05) is 45.9 Å². The van der Waals surface area contributed by atoms with Gasteiger partial charge in [0.15, 0.2) is 0 Å². The number of rotatable bonds is 6. The maximum absolute atomic E-state index is 11.9. The summed E-state index contributed by atoms with van der Waals surface area (Å²) in [6.45, 7) is 10.3. The highest BCUT2D eigenvalue weighted by Crippen LogP contribution is 2.29. The number of para-hydroxylation sites is 1. The summed E-state index contributed by atoms with van der Waals surface area (Å²) in [5.41, 5.74) is 2.13. The van der Waals surface area contributed by atoms with Crippen LogP contribution in [0.4, 0.5) is 5.69 Å². The lowest BCUT2D eigenvalue weighted by molar-refractivity contribution is -0.116. The highest BCUT2D eigenvalue weighted by atomic mass is 16.1. The fourth-order valence-corrected chi connectivity index (χ4v) is 1.96. The Hall–Kier alpha value is -1.35. The summed E-state index contributed by atoms with van der Waals surface area (Å²) in [5.74, 6) is 0.0697. The molecule has 0 aliphatic heterocycles. The predicted molar refractivity (Wildman–Crippen MR) is 81.5 cm³/mol. The lowest BCUT2D eigenvalue weighted by Crippen LogP contribution is -2.23. The number of anilines is 1. The van der Waals surface area contributed by atoms with E-state index in [2.05, 4.69) is 44.4 Å². The highest BCUT2D eigenvalue weighted by Gasteiger charge is 2.18. The Bertz CT molecular complexity index is 407. The van der Waals surface area contributed by atoms with Gasteiger partial charge < -0.3 is 10.6 Å². The van der Waals surface area contributed by atoms with E-state index in [9.17, 15) is 4.79 Å². The molecular weight excluding hydrogens is 236 g/mol. The average molecular weight is 262 g/mol. The molecule has 0 spiro atoms. The minimum absolute atomic E-state index is 0.0321. The van der Waals surface area contributed by atoms with Crippen LogP contribution < -0.4 is 10.6 Å². The standard InChI is InChI=1S/C16H26N2O/c1-5-11-17-12-10-15(19)18-14-9-7-6-8-13(14)16(2,3)4/h6-9,17H,5,10-12H2,1-4H3,(H,18,19). The van der Waals surface area contributed by atoms with Gasteiger partial charge in [-0.3, -0.25) is 4.79 Å². The van der Waals surface area contributed by atoms with E-state index in [1.165, 1.54) is 5.56 Å². The minimum Gasteiger partial charge on any atom is -0.326 e. The number of carbonyl (C=O) groups excluding carboxylic acids is 1. The van der Waals surface area contributed by atoms with Crippen molar-refractivity contribution in [1.29, 1.82) is 0 Å². The van der Waals surface area contributed by atoms with E-state index in [-0.39, 0.29) is 11.3 Å². The van der Waals surface area contributed by atoms with Crippen molar-refractivity contribution < 1.29 is 4.79 Å². The van der Waals surface area contributed by atoms with E-state index >= 15 is 0 Å². The van der Waals surface area contributed by atoms with Gasteiger partial charge >= 0.3 is 0 Å². The van der Waals surface area contributed by atoms with Crippen molar-refractivity contribution in [2.45, 2.75) is 46.0 Å². The van der Waals surface area contributed by atoms with E-state index < -0.39 is 0 Å². The van der Waals surface area contributed by atoms with Gasteiger partial charge in [0, 0.05) is 18.7 Å². The molecule has 0 aliphatic rings. The Balaban J connectivity index is 2.59. The van der Waals surface area contributed by atoms with Crippen LogP contribution in [-0.2, 0) is 10.2 Å². The van der Waals surface area contributed by atoms with Gasteiger partial charge in [0.2, 0.25) is 5.91 Å². The fraction of sp³-hybridized carbons (Fsp3) is 0.562. The second-order valence-corrected chi connectivity index (χ2v) is 5.84. The molecule has 1 amide bonds. The van der Waals surface area contributed by atoms with Gasteiger partial charge in [-0.2, -0.15) is 0 Å². The zero-order valence-corrected chi connectivity index (χ0v) is 12.5. The molecule has 0 fully saturated rings.